The predicted molar refractivity (Wildman–Crippen MR) is 77.7 cm³/mol. The molecule has 1 unspecified atom stereocenters. The van der Waals surface area contributed by atoms with E-state index in [1.54, 1.807) is 6.07 Å². The molecule has 19 heavy (non-hydrogen) atoms. The molecule has 0 radical (unpaired) electrons. The highest BCUT2D eigenvalue weighted by Gasteiger charge is 2.16. The first-order valence-electron chi connectivity index (χ1n) is 7.40. The molecule has 1 aliphatic heterocycles. The van der Waals surface area contributed by atoms with Gasteiger partial charge in [0.2, 0.25) is 0 Å². The Labute approximate surface area is 116 Å². The number of hydrogen-bond donors (Lipinski definition) is 1. The Kier molecular flexibility index (Phi) is 5.34. The summed E-state index contributed by atoms with van der Waals surface area (Å²) in [5.74, 6) is -0.0827. The van der Waals surface area contributed by atoms with Crippen LogP contribution < -0.4 is 5.32 Å². The zero-order chi connectivity index (χ0) is 13.7. The van der Waals surface area contributed by atoms with Crippen molar-refractivity contribution in [3.63, 3.8) is 0 Å². The number of aryl methyl sites for hydroxylation is 1. The van der Waals surface area contributed by atoms with Crippen LogP contribution >= 0.6 is 0 Å². The van der Waals surface area contributed by atoms with Crippen LogP contribution in [0.25, 0.3) is 0 Å². The fourth-order valence-corrected chi connectivity index (χ4v) is 2.76. The van der Waals surface area contributed by atoms with Crippen molar-refractivity contribution in [1.82, 2.24) is 10.2 Å². The molecule has 0 aromatic heterocycles. The second-order valence-electron chi connectivity index (χ2n) is 5.57. The van der Waals surface area contributed by atoms with Crippen molar-refractivity contribution in [1.29, 1.82) is 0 Å². The Morgan fingerprint density at radius 1 is 1.37 bits per heavy atom. The number of rotatable bonds is 5. The summed E-state index contributed by atoms with van der Waals surface area (Å²) in [6.45, 7) is 7.98. The summed E-state index contributed by atoms with van der Waals surface area (Å²) in [7, 11) is 0. The maximum absolute atomic E-state index is 13.8. The van der Waals surface area contributed by atoms with E-state index in [0.717, 1.165) is 30.8 Å². The first kappa shape index (κ1) is 14.5. The molecule has 106 valence electrons. The van der Waals surface area contributed by atoms with Gasteiger partial charge in [0, 0.05) is 24.7 Å². The molecule has 0 saturated carbocycles. The first-order chi connectivity index (χ1) is 9.19. The van der Waals surface area contributed by atoms with Gasteiger partial charge in [-0.15, -0.1) is 0 Å². The van der Waals surface area contributed by atoms with Crippen molar-refractivity contribution < 1.29 is 4.39 Å². The summed E-state index contributed by atoms with van der Waals surface area (Å²) < 4.78 is 13.8. The van der Waals surface area contributed by atoms with Gasteiger partial charge in [0.15, 0.2) is 0 Å². The smallest absolute Gasteiger partial charge is 0.127 e. The third-order valence-corrected chi connectivity index (χ3v) is 3.93. The molecule has 1 fully saturated rings. The summed E-state index contributed by atoms with van der Waals surface area (Å²) in [6.07, 6.45) is 3.84. The SMILES string of the molecule is CCN(Cc1cc(C)ccc1F)CC1CCCCN1. The second kappa shape index (κ2) is 7.01. The van der Waals surface area contributed by atoms with E-state index < -0.39 is 0 Å². The maximum atomic E-state index is 13.8. The molecule has 0 amide bonds. The summed E-state index contributed by atoms with van der Waals surface area (Å²) in [6, 6.07) is 5.95. The molecule has 0 bridgehead atoms. The monoisotopic (exact) mass is 264 g/mol. The summed E-state index contributed by atoms with van der Waals surface area (Å²) in [4.78, 5) is 2.33. The molecule has 1 aliphatic rings. The molecule has 1 N–H and O–H groups in total. The van der Waals surface area contributed by atoms with Crippen molar-refractivity contribution in [3.8, 4) is 0 Å². The summed E-state index contributed by atoms with van der Waals surface area (Å²) >= 11 is 0. The normalized spacial score (nSPS) is 19.9. The summed E-state index contributed by atoms with van der Waals surface area (Å²) in [5.41, 5.74) is 1.95. The van der Waals surface area contributed by atoms with E-state index in [2.05, 4.69) is 17.1 Å². The average molecular weight is 264 g/mol. The average Bonchev–Trinajstić information content (AvgIpc) is 2.43. The van der Waals surface area contributed by atoms with E-state index >= 15 is 0 Å². The van der Waals surface area contributed by atoms with Crippen LogP contribution in [0.15, 0.2) is 18.2 Å². The van der Waals surface area contributed by atoms with Crippen molar-refractivity contribution in [2.75, 3.05) is 19.6 Å². The lowest BCUT2D eigenvalue weighted by Gasteiger charge is -2.30. The lowest BCUT2D eigenvalue weighted by Crippen LogP contribution is -2.43. The van der Waals surface area contributed by atoms with Crippen molar-refractivity contribution in [2.24, 2.45) is 0 Å². The Morgan fingerprint density at radius 3 is 2.89 bits per heavy atom. The minimum absolute atomic E-state index is 0.0827. The molecular formula is C16H25FN2. The highest BCUT2D eigenvalue weighted by molar-refractivity contribution is 5.24. The highest BCUT2D eigenvalue weighted by atomic mass is 19.1. The Hall–Kier alpha value is -0.930. The minimum atomic E-state index is -0.0827. The van der Waals surface area contributed by atoms with Gasteiger partial charge in [-0.2, -0.15) is 0 Å². The van der Waals surface area contributed by atoms with Gasteiger partial charge in [-0.25, -0.2) is 4.39 Å². The number of nitrogens with zero attached hydrogens (tertiary/aromatic N) is 1. The van der Waals surface area contributed by atoms with E-state index in [1.807, 2.05) is 19.1 Å². The topological polar surface area (TPSA) is 15.3 Å². The van der Waals surface area contributed by atoms with E-state index in [1.165, 1.54) is 19.3 Å². The number of benzene rings is 1. The van der Waals surface area contributed by atoms with Gasteiger partial charge in [-0.3, -0.25) is 4.90 Å². The van der Waals surface area contributed by atoms with Gasteiger partial charge < -0.3 is 5.32 Å². The number of hydrogen-bond acceptors (Lipinski definition) is 2. The van der Waals surface area contributed by atoms with Crippen molar-refractivity contribution >= 4 is 0 Å². The molecule has 2 nitrogen and oxygen atoms in total. The molecule has 2 rings (SSSR count). The molecule has 1 aromatic rings. The number of likely N-dealkylation sites (N-methyl/N-ethyl adjacent to an activating group) is 1. The number of halogens is 1. The van der Waals surface area contributed by atoms with Crippen LogP contribution in [0.1, 0.15) is 37.3 Å². The zero-order valence-corrected chi connectivity index (χ0v) is 12.1. The van der Waals surface area contributed by atoms with Crippen molar-refractivity contribution in [3.05, 3.63) is 35.1 Å². The van der Waals surface area contributed by atoms with Crippen LogP contribution in [-0.2, 0) is 6.54 Å². The quantitative estimate of drug-likeness (QED) is 0.879. The first-order valence-corrected chi connectivity index (χ1v) is 7.40. The Balaban J connectivity index is 1.95. The van der Waals surface area contributed by atoms with Gasteiger partial charge in [0.1, 0.15) is 5.82 Å². The van der Waals surface area contributed by atoms with Crippen LogP contribution in [0.4, 0.5) is 4.39 Å². The maximum Gasteiger partial charge on any atom is 0.127 e. The van der Waals surface area contributed by atoms with Crippen LogP contribution in [0, 0.1) is 12.7 Å². The van der Waals surface area contributed by atoms with Crippen LogP contribution in [0.5, 0.6) is 0 Å². The van der Waals surface area contributed by atoms with Crippen LogP contribution in [0.2, 0.25) is 0 Å². The van der Waals surface area contributed by atoms with Crippen LogP contribution in [0.3, 0.4) is 0 Å². The zero-order valence-electron chi connectivity index (χ0n) is 12.1. The molecular weight excluding hydrogens is 239 g/mol. The standard InChI is InChI=1S/C16H25FN2/c1-3-19(12-15-6-4-5-9-18-15)11-14-10-13(2)7-8-16(14)17/h7-8,10,15,18H,3-6,9,11-12H2,1-2H3. The highest BCUT2D eigenvalue weighted by Crippen LogP contribution is 2.14. The van der Waals surface area contributed by atoms with E-state index in [-0.39, 0.29) is 5.82 Å². The largest absolute Gasteiger partial charge is 0.313 e. The molecule has 1 saturated heterocycles. The van der Waals surface area contributed by atoms with Crippen molar-refractivity contribution in [2.45, 2.75) is 45.7 Å². The van der Waals surface area contributed by atoms with Crippen LogP contribution in [-0.4, -0.2) is 30.6 Å². The molecule has 3 heteroatoms. The van der Waals surface area contributed by atoms with Gasteiger partial charge in [0.25, 0.3) is 0 Å². The van der Waals surface area contributed by atoms with E-state index in [0.29, 0.717) is 12.6 Å². The minimum Gasteiger partial charge on any atom is -0.313 e. The van der Waals surface area contributed by atoms with E-state index in [4.69, 9.17) is 0 Å². The number of nitrogens with one attached hydrogen (secondary N) is 1. The van der Waals surface area contributed by atoms with E-state index in [9.17, 15) is 4.39 Å². The molecule has 0 spiro atoms. The molecule has 0 aliphatic carbocycles. The fourth-order valence-electron chi connectivity index (χ4n) is 2.76. The second-order valence-corrected chi connectivity index (χ2v) is 5.57. The third-order valence-electron chi connectivity index (χ3n) is 3.93. The van der Waals surface area contributed by atoms with Gasteiger partial charge in [-0.05, 0) is 38.9 Å². The predicted octanol–water partition coefficient (Wildman–Crippen LogP) is 3.10. The fraction of sp³-hybridized carbons (Fsp3) is 0.625. The van der Waals surface area contributed by atoms with Gasteiger partial charge in [-0.1, -0.05) is 31.0 Å². The lowest BCUT2D eigenvalue weighted by atomic mass is 10.0. The lowest BCUT2D eigenvalue weighted by molar-refractivity contribution is 0.224. The van der Waals surface area contributed by atoms with Gasteiger partial charge in [0.05, 0.1) is 0 Å². The number of piperidine rings is 1. The Morgan fingerprint density at radius 2 is 2.21 bits per heavy atom. The summed E-state index contributed by atoms with van der Waals surface area (Å²) in [5, 5.41) is 3.56. The molecule has 1 atom stereocenters. The van der Waals surface area contributed by atoms with Gasteiger partial charge >= 0.3 is 0 Å². The third kappa shape index (κ3) is 4.29. The molecule has 1 heterocycles. The Bertz CT molecular complexity index is 400. The molecule has 1 aromatic carbocycles.